The molecule has 1 atom stereocenters. The summed E-state index contributed by atoms with van der Waals surface area (Å²) in [6.07, 6.45) is -1.92. The third-order valence-corrected chi connectivity index (χ3v) is 6.32. The number of pyridine rings is 2. The van der Waals surface area contributed by atoms with Crippen molar-refractivity contribution in [3.8, 4) is 0 Å². The van der Waals surface area contributed by atoms with Crippen LogP contribution in [-0.2, 0) is 18.1 Å². The summed E-state index contributed by atoms with van der Waals surface area (Å²) in [5.41, 5.74) is 7.45. The van der Waals surface area contributed by atoms with E-state index in [0.717, 1.165) is 33.7 Å². The Hall–Kier alpha value is -3.53. The molecule has 0 bridgehead atoms. The summed E-state index contributed by atoms with van der Waals surface area (Å²) in [5.74, 6) is -0.411. The third-order valence-electron chi connectivity index (χ3n) is 5.38. The maximum absolute atomic E-state index is 13.2. The SMILES string of the molecule is Cc1ncsc1CC(C)(NC(=O)c1ccc2ncccc2c1)c1ncc(C(F)(F)F)cc1N. The number of nitrogens with zero attached hydrogens (tertiary/aromatic N) is 3. The summed E-state index contributed by atoms with van der Waals surface area (Å²) < 4.78 is 39.4. The van der Waals surface area contributed by atoms with Crippen LogP contribution in [0.2, 0.25) is 0 Å². The molecule has 4 rings (SSSR count). The van der Waals surface area contributed by atoms with Gasteiger partial charge in [-0.05, 0) is 44.2 Å². The van der Waals surface area contributed by atoms with Crippen molar-refractivity contribution >= 4 is 33.8 Å². The second kappa shape index (κ2) is 8.43. The van der Waals surface area contributed by atoms with Crippen LogP contribution in [0.25, 0.3) is 10.9 Å². The molecule has 4 aromatic rings. The molecule has 0 radical (unpaired) electrons. The van der Waals surface area contributed by atoms with Gasteiger partial charge in [-0.3, -0.25) is 14.8 Å². The number of rotatable bonds is 5. The maximum atomic E-state index is 13.2. The molecule has 0 aliphatic heterocycles. The van der Waals surface area contributed by atoms with Crippen molar-refractivity contribution in [2.24, 2.45) is 0 Å². The van der Waals surface area contributed by atoms with E-state index in [9.17, 15) is 18.0 Å². The zero-order valence-electron chi connectivity index (χ0n) is 17.8. The van der Waals surface area contributed by atoms with Crippen molar-refractivity contribution in [1.82, 2.24) is 20.3 Å². The van der Waals surface area contributed by atoms with Crippen LogP contribution in [-0.4, -0.2) is 20.9 Å². The van der Waals surface area contributed by atoms with Crippen LogP contribution in [0.4, 0.5) is 18.9 Å². The molecule has 6 nitrogen and oxygen atoms in total. The van der Waals surface area contributed by atoms with Gasteiger partial charge < -0.3 is 11.1 Å². The number of nitrogen functional groups attached to an aromatic ring is 1. The minimum Gasteiger partial charge on any atom is -0.397 e. The van der Waals surface area contributed by atoms with E-state index in [-0.39, 0.29) is 17.8 Å². The van der Waals surface area contributed by atoms with Gasteiger partial charge in [0.25, 0.3) is 5.91 Å². The molecule has 3 heterocycles. The highest BCUT2D eigenvalue weighted by Crippen LogP contribution is 2.35. The minimum absolute atomic E-state index is 0.152. The van der Waals surface area contributed by atoms with Gasteiger partial charge in [0, 0.05) is 34.6 Å². The smallest absolute Gasteiger partial charge is 0.397 e. The number of aryl methyl sites for hydroxylation is 1. The zero-order valence-corrected chi connectivity index (χ0v) is 18.6. The van der Waals surface area contributed by atoms with E-state index in [2.05, 4.69) is 20.3 Å². The Morgan fingerprint density at radius 2 is 1.94 bits per heavy atom. The van der Waals surface area contributed by atoms with Gasteiger partial charge in [0.05, 0.1) is 39.2 Å². The van der Waals surface area contributed by atoms with Gasteiger partial charge in [-0.15, -0.1) is 11.3 Å². The molecule has 10 heteroatoms. The number of halogens is 3. The highest BCUT2D eigenvalue weighted by atomic mass is 32.1. The van der Waals surface area contributed by atoms with E-state index < -0.39 is 23.2 Å². The molecule has 1 aromatic carbocycles. The predicted octanol–water partition coefficient (Wildman–Crippen LogP) is 4.88. The van der Waals surface area contributed by atoms with Gasteiger partial charge in [0.1, 0.15) is 0 Å². The second-order valence-corrected chi connectivity index (χ2v) is 8.83. The van der Waals surface area contributed by atoms with Crippen LogP contribution < -0.4 is 11.1 Å². The number of benzene rings is 1. The van der Waals surface area contributed by atoms with E-state index in [0.29, 0.717) is 5.56 Å². The number of amides is 1. The van der Waals surface area contributed by atoms with E-state index in [1.165, 1.54) is 11.3 Å². The molecule has 1 amide bonds. The molecule has 0 saturated heterocycles. The summed E-state index contributed by atoms with van der Waals surface area (Å²) in [4.78, 5) is 26.6. The Bertz CT molecular complexity index is 1340. The molecular formula is C23H20F3N5OS. The summed E-state index contributed by atoms with van der Waals surface area (Å²) in [6.45, 7) is 3.52. The van der Waals surface area contributed by atoms with Crippen molar-refractivity contribution in [2.45, 2.75) is 32.0 Å². The number of thiazole rings is 1. The highest BCUT2D eigenvalue weighted by Gasteiger charge is 2.37. The van der Waals surface area contributed by atoms with E-state index in [4.69, 9.17) is 5.73 Å². The van der Waals surface area contributed by atoms with Crippen molar-refractivity contribution in [1.29, 1.82) is 0 Å². The zero-order chi connectivity index (χ0) is 23.8. The quantitative estimate of drug-likeness (QED) is 0.433. The molecule has 3 N–H and O–H groups in total. The van der Waals surface area contributed by atoms with Crippen LogP contribution in [0.1, 0.15) is 39.1 Å². The van der Waals surface area contributed by atoms with Gasteiger partial charge in [0.2, 0.25) is 0 Å². The molecular weight excluding hydrogens is 451 g/mol. The van der Waals surface area contributed by atoms with Crippen LogP contribution in [0.15, 0.2) is 54.3 Å². The van der Waals surface area contributed by atoms with Crippen LogP contribution in [0, 0.1) is 6.92 Å². The molecule has 3 aromatic heterocycles. The largest absolute Gasteiger partial charge is 0.417 e. The fourth-order valence-corrected chi connectivity index (χ4v) is 4.57. The first-order valence-electron chi connectivity index (χ1n) is 9.96. The minimum atomic E-state index is -4.58. The first kappa shape index (κ1) is 22.7. The number of anilines is 1. The Kier molecular flexibility index (Phi) is 5.79. The number of fused-ring (bicyclic) bond motifs is 1. The molecule has 33 heavy (non-hydrogen) atoms. The predicted molar refractivity (Wildman–Crippen MR) is 121 cm³/mol. The number of hydrogen-bond donors (Lipinski definition) is 2. The lowest BCUT2D eigenvalue weighted by molar-refractivity contribution is -0.137. The monoisotopic (exact) mass is 471 g/mol. The number of hydrogen-bond acceptors (Lipinski definition) is 6. The Labute approximate surface area is 191 Å². The number of nitrogens with two attached hydrogens (primary N) is 1. The van der Waals surface area contributed by atoms with Gasteiger partial charge in [0.15, 0.2) is 0 Å². The van der Waals surface area contributed by atoms with E-state index in [1.807, 2.05) is 13.0 Å². The van der Waals surface area contributed by atoms with Gasteiger partial charge >= 0.3 is 6.18 Å². The molecule has 0 aliphatic carbocycles. The van der Waals surface area contributed by atoms with Crippen LogP contribution in [0.3, 0.4) is 0 Å². The molecule has 170 valence electrons. The maximum Gasteiger partial charge on any atom is 0.417 e. The van der Waals surface area contributed by atoms with E-state index >= 15 is 0 Å². The molecule has 0 fully saturated rings. The number of carbonyl (C=O) groups is 1. The normalized spacial score (nSPS) is 13.6. The average Bonchev–Trinajstić information content (AvgIpc) is 3.16. The van der Waals surface area contributed by atoms with Crippen LogP contribution in [0.5, 0.6) is 0 Å². The standard InChI is InChI=1S/C23H20F3N5OS/c1-13-19(33-12-30-13)10-22(2,20-17(27)9-16(11-29-20)23(24,25)26)31-21(32)15-5-6-18-14(8-15)4-3-7-28-18/h3-9,11-12H,10,27H2,1-2H3,(H,31,32). The first-order valence-corrected chi connectivity index (χ1v) is 10.8. The first-order chi connectivity index (χ1) is 15.6. The summed E-state index contributed by atoms with van der Waals surface area (Å²) >= 11 is 1.39. The number of alkyl halides is 3. The van der Waals surface area contributed by atoms with Crippen molar-refractivity contribution < 1.29 is 18.0 Å². The molecule has 0 spiro atoms. The Balaban J connectivity index is 1.74. The molecule has 0 saturated carbocycles. The highest BCUT2D eigenvalue weighted by molar-refractivity contribution is 7.09. The fraction of sp³-hybridized carbons (Fsp3) is 0.217. The summed E-state index contributed by atoms with van der Waals surface area (Å²) in [5, 5.41) is 3.74. The topological polar surface area (TPSA) is 93.8 Å². The number of nitrogens with one attached hydrogen (secondary N) is 1. The van der Waals surface area contributed by atoms with Gasteiger partial charge in [-0.2, -0.15) is 13.2 Å². The number of aromatic nitrogens is 3. The average molecular weight is 472 g/mol. The lowest BCUT2D eigenvalue weighted by atomic mass is 9.89. The molecule has 1 unspecified atom stereocenters. The van der Waals surface area contributed by atoms with Gasteiger partial charge in [-0.25, -0.2) is 4.98 Å². The summed E-state index contributed by atoms with van der Waals surface area (Å²) in [7, 11) is 0. The number of carbonyl (C=O) groups excluding carboxylic acids is 1. The van der Waals surface area contributed by atoms with Gasteiger partial charge in [-0.1, -0.05) is 6.07 Å². The molecule has 0 aliphatic rings. The van der Waals surface area contributed by atoms with Crippen molar-refractivity contribution in [3.05, 3.63) is 81.7 Å². The third kappa shape index (κ3) is 4.65. The lowest BCUT2D eigenvalue weighted by Gasteiger charge is -2.31. The fourth-order valence-electron chi connectivity index (χ4n) is 3.64. The van der Waals surface area contributed by atoms with Crippen molar-refractivity contribution in [3.63, 3.8) is 0 Å². The second-order valence-electron chi connectivity index (χ2n) is 7.89. The van der Waals surface area contributed by atoms with Crippen LogP contribution >= 0.6 is 11.3 Å². The Morgan fingerprint density at radius 3 is 2.61 bits per heavy atom. The lowest BCUT2D eigenvalue weighted by Crippen LogP contribution is -2.46. The van der Waals surface area contributed by atoms with Crippen molar-refractivity contribution in [2.75, 3.05) is 5.73 Å². The Morgan fingerprint density at radius 1 is 1.15 bits per heavy atom. The summed E-state index contributed by atoms with van der Waals surface area (Å²) in [6, 6.07) is 9.54. The van der Waals surface area contributed by atoms with E-state index in [1.54, 1.807) is 42.9 Å².